The second-order valence-corrected chi connectivity index (χ2v) is 20.2. The van der Waals surface area contributed by atoms with Gasteiger partial charge in [0.25, 0.3) is 0 Å². The number of hydrogen-bond donors (Lipinski definition) is 0. The molecule has 0 radical (unpaired) electrons. The number of benzene rings is 7. The Bertz CT molecular complexity index is 3690. The summed E-state index contributed by atoms with van der Waals surface area (Å²) in [7, 11) is 0. The highest BCUT2D eigenvalue weighted by atomic mass is 19.1. The van der Waals surface area contributed by atoms with Crippen LogP contribution in [0.5, 0.6) is 17.2 Å². The van der Waals surface area contributed by atoms with Gasteiger partial charge in [-0.25, -0.2) is 14.4 Å². The number of ether oxygens (including phenoxy) is 7. The maximum absolute atomic E-state index is 13.5. The van der Waals surface area contributed by atoms with E-state index in [4.69, 9.17) is 38.6 Å². The van der Waals surface area contributed by atoms with Crippen LogP contribution < -0.4 is 19.6 Å². The highest BCUT2D eigenvalue weighted by Crippen LogP contribution is 2.44. The summed E-state index contributed by atoms with van der Waals surface area (Å²) in [6.45, 7) is 4.14. The van der Waals surface area contributed by atoms with Gasteiger partial charge in [0.15, 0.2) is 0 Å². The first-order valence-electron chi connectivity index (χ1n) is 27.5. The summed E-state index contributed by atoms with van der Waals surface area (Å²) in [5, 5.41) is 15.7. The van der Waals surface area contributed by atoms with E-state index in [-0.39, 0.29) is 51.5 Å². The molecular weight excluding hydrogens is 1040 g/mol. The molecule has 2 bridgehead atoms. The molecule has 3 atom stereocenters. The van der Waals surface area contributed by atoms with E-state index in [0.29, 0.717) is 58.8 Å². The molecule has 0 N–H and O–H groups in total. The Morgan fingerprint density at radius 1 is 0.561 bits per heavy atom. The van der Waals surface area contributed by atoms with Gasteiger partial charge in [0, 0.05) is 22.8 Å². The van der Waals surface area contributed by atoms with Crippen LogP contribution >= 0.6 is 0 Å². The van der Waals surface area contributed by atoms with Crippen molar-refractivity contribution in [2.75, 3.05) is 39.6 Å². The van der Waals surface area contributed by atoms with E-state index in [9.17, 15) is 23.6 Å². The van der Waals surface area contributed by atoms with Gasteiger partial charge in [0.2, 0.25) is 5.83 Å². The average molecular weight is 1100 g/mol. The van der Waals surface area contributed by atoms with E-state index in [0.717, 1.165) is 86.5 Å². The molecule has 0 aromatic heterocycles. The molecule has 2 aliphatic rings. The predicted octanol–water partition coefficient (Wildman–Crippen LogP) is 12.8. The van der Waals surface area contributed by atoms with Crippen molar-refractivity contribution < 1.29 is 56.7 Å². The Kier molecular flexibility index (Phi) is 18.6. The molecule has 1 fully saturated rings. The lowest BCUT2D eigenvalue weighted by molar-refractivity contribution is -0.149. The van der Waals surface area contributed by atoms with Crippen LogP contribution in [0.1, 0.15) is 68.7 Å². The van der Waals surface area contributed by atoms with Crippen LogP contribution in [0.3, 0.4) is 0 Å². The molecular formula is C68H61FN2O11. The summed E-state index contributed by atoms with van der Waals surface area (Å²) < 4.78 is 52.1. The zero-order valence-electron chi connectivity index (χ0n) is 45.2. The van der Waals surface area contributed by atoms with Gasteiger partial charge in [0.05, 0.1) is 49.7 Å². The molecule has 1 saturated carbocycles. The lowest BCUT2D eigenvalue weighted by Gasteiger charge is -2.16. The molecule has 8 aromatic carbocycles. The first-order chi connectivity index (χ1) is 40.1. The summed E-state index contributed by atoms with van der Waals surface area (Å²) in [5.41, 5.74) is 4.34. The Labute approximate surface area is 474 Å². The first-order valence-corrected chi connectivity index (χ1v) is 27.5. The van der Waals surface area contributed by atoms with Gasteiger partial charge in [-0.15, -0.1) is 5.10 Å². The molecule has 0 spiro atoms. The van der Waals surface area contributed by atoms with Gasteiger partial charge in [0.1, 0.15) is 42.4 Å². The third kappa shape index (κ3) is 14.6. The van der Waals surface area contributed by atoms with Gasteiger partial charge >= 0.3 is 23.9 Å². The maximum atomic E-state index is 13.5. The molecule has 0 aliphatic heterocycles. The fourth-order valence-corrected chi connectivity index (χ4v) is 10.3. The molecule has 13 nitrogen and oxygen atoms in total. The minimum atomic E-state index is -1.16. The highest BCUT2D eigenvalue weighted by molar-refractivity contribution is 6.05. The second kappa shape index (κ2) is 27.3. The first kappa shape index (κ1) is 56.0. The maximum Gasteiger partial charge on any atom is 0.366 e. The SMILES string of the molecule is C=C(F)C(=O)OCCOCCOc1ccc(COc2ccc3cc(C(=O)OCCc4ccc(OC(=O)c5ccc(CCCCOC(=O)C6CC7C=CC6C7)cc5)cc4)ccc3c2/C=N/N=c2c3ccccc3ccc3ccccc23)cc1. The summed E-state index contributed by atoms with van der Waals surface area (Å²) in [6.07, 6.45) is 11.0. The fraction of sp³-hybridized carbons (Fsp3) is 0.235. The Hall–Kier alpha value is -9.27. The third-order valence-corrected chi connectivity index (χ3v) is 14.6. The Morgan fingerprint density at radius 2 is 1.23 bits per heavy atom. The molecule has 0 saturated heterocycles. The summed E-state index contributed by atoms with van der Waals surface area (Å²) >= 11 is 0. The molecule has 14 heteroatoms. The Morgan fingerprint density at radius 3 is 1.95 bits per heavy atom. The van der Waals surface area contributed by atoms with Crippen molar-refractivity contribution in [3.63, 3.8) is 0 Å². The van der Waals surface area contributed by atoms with Crippen molar-refractivity contribution in [1.82, 2.24) is 0 Å². The second-order valence-electron chi connectivity index (χ2n) is 20.2. The number of aryl methyl sites for hydroxylation is 1. The third-order valence-electron chi connectivity index (χ3n) is 14.6. The lowest BCUT2D eigenvalue weighted by Crippen LogP contribution is -2.22. The fourth-order valence-electron chi connectivity index (χ4n) is 10.3. The van der Waals surface area contributed by atoms with Crippen molar-refractivity contribution in [3.8, 4) is 17.2 Å². The molecule has 2 aliphatic carbocycles. The van der Waals surface area contributed by atoms with Crippen LogP contribution in [0.2, 0.25) is 0 Å². The smallest absolute Gasteiger partial charge is 0.366 e. The Balaban J connectivity index is 0.744. The lowest BCUT2D eigenvalue weighted by atomic mass is 9.94. The number of unbranched alkanes of at least 4 members (excludes halogenated alkanes) is 1. The van der Waals surface area contributed by atoms with E-state index in [1.54, 1.807) is 42.6 Å². The summed E-state index contributed by atoms with van der Waals surface area (Å²) in [4.78, 5) is 50.2. The van der Waals surface area contributed by atoms with Crippen molar-refractivity contribution in [2.24, 2.45) is 28.0 Å². The van der Waals surface area contributed by atoms with Crippen LogP contribution in [0, 0.1) is 17.8 Å². The van der Waals surface area contributed by atoms with Crippen LogP contribution in [0.25, 0.3) is 32.3 Å². The van der Waals surface area contributed by atoms with E-state index in [2.05, 4.69) is 35.6 Å². The van der Waals surface area contributed by atoms with Crippen molar-refractivity contribution in [1.29, 1.82) is 0 Å². The van der Waals surface area contributed by atoms with Crippen molar-refractivity contribution >= 4 is 62.4 Å². The van der Waals surface area contributed by atoms with E-state index in [1.165, 1.54) is 0 Å². The summed E-state index contributed by atoms with van der Waals surface area (Å²) in [6, 6.07) is 51.3. The molecule has 10 rings (SSSR count). The number of carbonyl (C=O) groups excluding carboxylic acids is 4. The molecule has 416 valence electrons. The predicted molar refractivity (Wildman–Crippen MR) is 311 cm³/mol. The molecule has 0 heterocycles. The van der Waals surface area contributed by atoms with Gasteiger partial charge in [-0.3, -0.25) is 4.79 Å². The molecule has 3 unspecified atom stereocenters. The van der Waals surface area contributed by atoms with Gasteiger partial charge in [-0.1, -0.05) is 128 Å². The number of rotatable bonds is 25. The average Bonchev–Trinajstić information content (AvgIpc) is 4.23. The number of halogens is 1. The van der Waals surface area contributed by atoms with Crippen LogP contribution in [-0.4, -0.2) is 69.7 Å². The number of hydrogen-bond acceptors (Lipinski definition) is 13. The van der Waals surface area contributed by atoms with Gasteiger partial charge in [-0.05, 0) is 137 Å². The van der Waals surface area contributed by atoms with Crippen molar-refractivity contribution in [2.45, 2.75) is 45.1 Å². The standard InChI is InChI=1S/C68H61FN2O11/c1-45(69)65(72)80-39-37-76-36-38-77-56-27-18-48(19-28-56)44-81-63-32-26-54-42-55(25-31-58(54)62(63)43-70-71-64-59-11-4-2-9-50(59)23-24-51-10-3-5-12-60(51)64)66(73)79-35-33-47-16-29-57(30-17-47)82-67(74)52-20-13-46(14-21-52)8-6-7-34-78-68(75)61-41-49-15-22-53(61)40-49/h2-5,9-32,42-43,49,53,61H,1,6-8,33-41,44H2/b70-43+. The minimum Gasteiger partial charge on any atom is -0.491 e. The van der Waals surface area contributed by atoms with Gasteiger partial charge in [-0.2, -0.15) is 9.49 Å². The topological polar surface area (TPSA) is 158 Å². The zero-order valence-corrected chi connectivity index (χ0v) is 45.2. The van der Waals surface area contributed by atoms with E-state index < -0.39 is 23.7 Å². The number of fused-ring (bicyclic) bond motifs is 5. The number of nitrogens with zero attached hydrogens (tertiary/aromatic N) is 2. The largest absolute Gasteiger partial charge is 0.491 e. The van der Waals surface area contributed by atoms with Crippen LogP contribution in [0.15, 0.2) is 199 Å². The monoisotopic (exact) mass is 1100 g/mol. The molecule has 8 aromatic rings. The number of carbonyl (C=O) groups is 4. The zero-order chi connectivity index (χ0) is 56.6. The highest BCUT2D eigenvalue weighted by Gasteiger charge is 2.40. The van der Waals surface area contributed by atoms with Crippen LogP contribution in [0.4, 0.5) is 4.39 Å². The number of allylic oxidation sites excluding steroid dienone is 2. The molecule has 0 amide bonds. The minimum absolute atomic E-state index is 0.0182. The van der Waals surface area contributed by atoms with Crippen LogP contribution in [-0.2, 0) is 48.0 Å². The number of esters is 4. The summed E-state index contributed by atoms with van der Waals surface area (Å²) in [5.74, 6) is -0.809. The molecule has 82 heavy (non-hydrogen) atoms. The van der Waals surface area contributed by atoms with Gasteiger partial charge < -0.3 is 33.2 Å². The quantitative estimate of drug-likeness (QED) is 0.00784. The normalized spacial score (nSPS) is 15.2. The van der Waals surface area contributed by atoms with E-state index in [1.807, 2.05) is 115 Å². The van der Waals surface area contributed by atoms with Crippen molar-refractivity contribution in [3.05, 3.63) is 227 Å². The van der Waals surface area contributed by atoms with E-state index >= 15 is 0 Å².